The normalized spacial score (nSPS) is 20.9. The lowest BCUT2D eigenvalue weighted by Crippen LogP contribution is -2.46. The zero-order valence-electron chi connectivity index (χ0n) is 12.2. The fourth-order valence-corrected chi connectivity index (χ4v) is 2.49. The van der Waals surface area contributed by atoms with Crippen LogP contribution in [0.2, 0.25) is 0 Å². The average molecular weight is 255 g/mol. The standard InChI is InChI=1S/C14H29N3O/c1-4-9-15-12-13-7-5-6-10-17(13)11-8-14(18)16(2)3/h13,15H,4-12H2,1-3H3. The van der Waals surface area contributed by atoms with Gasteiger partial charge in [-0.15, -0.1) is 0 Å². The molecule has 1 fully saturated rings. The number of carbonyl (C=O) groups excluding carboxylic acids is 1. The van der Waals surface area contributed by atoms with Gasteiger partial charge in [-0.25, -0.2) is 0 Å². The molecule has 0 aliphatic carbocycles. The third-order valence-corrected chi connectivity index (χ3v) is 3.67. The maximum atomic E-state index is 11.6. The average Bonchev–Trinajstić information content (AvgIpc) is 2.37. The number of amides is 1. The molecule has 0 bridgehead atoms. The van der Waals surface area contributed by atoms with E-state index < -0.39 is 0 Å². The highest BCUT2D eigenvalue weighted by Crippen LogP contribution is 2.16. The van der Waals surface area contributed by atoms with Crippen molar-refractivity contribution in [3.05, 3.63) is 0 Å². The second-order valence-electron chi connectivity index (χ2n) is 5.43. The zero-order chi connectivity index (χ0) is 13.4. The second-order valence-corrected chi connectivity index (χ2v) is 5.43. The van der Waals surface area contributed by atoms with Gasteiger partial charge < -0.3 is 10.2 Å². The molecular weight excluding hydrogens is 226 g/mol. The maximum Gasteiger partial charge on any atom is 0.223 e. The highest BCUT2D eigenvalue weighted by Gasteiger charge is 2.22. The monoisotopic (exact) mass is 255 g/mol. The van der Waals surface area contributed by atoms with Crippen molar-refractivity contribution in [2.75, 3.05) is 40.3 Å². The van der Waals surface area contributed by atoms with Crippen LogP contribution in [0.15, 0.2) is 0 Å². The van der Waals surface area contributed by atoms with E-state index in [0.717, 1.165) is 26.2 Å². The van der Waals surface area contributed by atoms with E-state index in [4.69, 9.17) is 0 Å². The molecule has 1 saturated heterocycles. The second kappa shape index (κ2) is 8.48. The molecule has 0 saturated carbocycles. The van der Waals surface area contributed by atoms with Crippen molar-refractivity contribution in [1.82, 2.24) is 15.1 Å². The summed E-state index contributed by atoms with van der Waals surface area (Å²) < 4.78 is 0. The number of rotatable bonds is 7. The molecule has 1 heterocycles. The van der Waals surface area contributed by atoms with Gasteiger partial charge in [-0.2, -0.15) is 0 Å². The van der Waals surface area contributed by atoms with Crippen molar-refractivity contribution >= 4 is 5.91 Å². The van der Waals surface area contributed by atoms with Crippen molar-refractivity contribution in [3.63, 3.8) is 0 Å². The lowest BCUT2D eigenvalue weighted by molar-refractivity contribution is -0.129. The lowest BCUT2D eigenvalue weighted by Gasteiger charge is -2.36. The van der Waals surface area contributed by atoms with E-state index in [0.29, 0.717) is 12.5 Å². The van der Waals surface area contributed by atoms with Crippen LogP contribution >= 0.6 is 0 Å². The predicted molar refractivity (Wildman–Crippen MR) is 75.7 cm³/mol. The van der Waals surface area contributed by atoms with Gasteiger partial charge in [-0.3, -0.25) is 9.69 Å². The first-order valence-electron chi connectivity index (χ1n) is 7.30. The number of carbonyl (C=O) groups is 1. The third kappa shape index (κ3) is 5.36. The van der Waals surface area contributed by atoms with Gasteiger partial charge in [0.1, 0.15) is 0 Å². The van der Waals surface area contributed by atoms with Gasteiger partial charge in [0, 0.05) is 39.6 Å². The fourth-order valence-electron chi connectivity index (χ4n) is 2.49. The molecule has 1 rings (SSSR count). The van der Waals surface area contributed by atoms with Gasteiger partial charge in [0.15, 0.2) is 0 Å². The summed E-state index contributed by atoms with van der Waals surface area (Å²) in [6, 6.07) is 0.625. The van der Waals surface area contributed by atoms with E-state index in [1.807, 2.05) is 14.1 Å². The Morgan fingerprint density at radius 1 is 1.39 bits per heavy atom. The SMILES string of the molecule is CCCNCC1CCCCN1CCC(=O)N(C)C. The Hall–Kier alpha value is -0.610. The highest BCUT2D eigenvalue weighted by atomic mass is 16.2. The smallest absolute Gasteiger partial charge is 0.223 e. The van der Waals surface area contributed by atoms with Crippen LogP contribution in [0.4, 0.5) is 0 Å². The van der Waals surface area contributed by atoms with E-state index in [2.05, 4.69) is 17.1 Å². The Balaban J connectivity index is 2.32. The number of piperidine rings is 1. The van der Waals surface area contributed by atoms with Gasteiger partial charge in [-0.1, -0.05) is 13.3 Å². The first-order valence-corrected chi connectivity index (χ1v) is 7.30. The molecule has 1 atom stereocenters. The van der Waals surface area contributed by atoms with Crippen molar-refractivity contribution < 1.29 is 4.79 Å². The molecule has 0 aromatic carbocycles. The summed E-state index contributed by atoms with van der Waals surface area (Å²) in [6.07, 6.45) is 5.72. The molecule has 1 amide bonds. The van der Waals surface area contributed by atoms with Crippen LogP contribution in [0.1, 0.15) is 39.0 Å². The molecule has 0 aromatic rings. The van der Waals surface area contributed by atoms with E-state index in [-0.39, 0.29) is 5.91 Å². The first kappa shape index (κ1) is 15.4. The Morgan fingerprint density at radius 2 is 2.17 bits per heavy atom. The summed E-state index contributed by atoms with van der Waals surface area (Å²) in [5.74, 6) is 0.237. The Morgan fingerprint density at radius 3 is 2.83 bits per heavy atom. The summed E-state index contributed by atoms with van der Waals surface area (Å²) in [5.41, 5.74) is 0. The number of nitrogens with one attached hydrogen (secondary N) is 1. The number of hydrogen-bond donors (Lipinski definition) is 1. The minimum atomic E-state index is 0.237. The molecular formula is C14H29N3O. The summed E-state index contributed by atoms with van der Waals surface area (Å²) in [7, 11) is 3.66. The quantitative estimate of drug-likeness (QED) is 0.697. The molecule has 4 heteroatoms. The Kier molecular flexibility index (Phi) is 7.28. The van der Waals surface area contributed by atoms with Gasteiger partial charge in [0.05, 0.1) is 0 Å². The van der Waals surface area contributed by atoms with Gasteiger partial charge in [0.25, 0.3) is 0 Å². The molecule has 4 nitrogen and oxygen atoms in total. The van der Waals surface area contributed by atoms with Crippen molar-refractivity contribution in [2.45, 2.75) is 45.1 Å². The highest BCUT2D eigenvalue weighted by molar-refractivity contribution is 5.75. The van der Waals surface area contributed by atoms with Crippen LogP contribution in [-0.2, 0) is 4.79 Å². The number of hydrogen-bond acceptors (Lipinski definition) is 3. The summed E-state index contributed by atoms with van der Waals surface area (Å²) in [6.45, 7) is 6.43. The molecule has 1 unspecified atom stereocenters. The number of likely N-dealkylation sites (tertiary alicyclic amines) is 1. The van der Waals surface area contributed by atoms with Crippen LogP contribution in [0.25, 0.3) is 0 Å². The van der Waals surface area contributed by atoms with Gasteiger partial charge >= 0.3 is 0 Å². The van der Waals surface area contributed by atoms with Crippen molar-refractivity contribution in [1.29, 1.82) is 0 Å². The predicted octanol–water partition coefficient (Wildman–Crippen LogP) is 1.32. The van der Waals surface area contributed by atoms with E-state index >= 15 is 0 Å². The topological polar surface area (TPSA) is 35.6 Å². The first-order chi connectivity index (χ1) is 8.65. The van der Waals surface area contributed by atoms with Crippen LogP contribution in [0.3, 0.4) is 0 Å². The Labute approximate surface area is 112 Å². The van der Waals surface area contributed by atoms with Crippen LogP contribution in [-0.4, -0.2) is 62.0 Å². The van der Waals surface area contributed by atoms with Gasteiger partial charge in [0.2, 0.25) is 5.91 Å². The van der Waals surface area contributed by atoms with Crippen LogP contribution in [0.5, 0.6) is 0 Å². The van der Waals surface area contributed by atoms with E-state index in [1.165, 1.54) is 25.7 Å². The molecule has 18 heavy (non-hydrogen) atoms. The molecule has 106 valence electrons. The molecule has 0 aromatic heterocycles. The summed E-state index contributed by atoms with van der Waals surface area (Å²) >= 11 is 0. The lowest BCUT2D eigenvalue weighted by atomic mass is 10.0. The van der Waals surface area contributed by atoms with Crippen molar-refractivity contribution in [2.24, 2.45) is 0 Å². The number of nitrogens with zero attached hydrogens (tertiary/aromatic N) is 2. The van der Waals surface area contributed by atoms with E-state index in [9.17, 15) is 4.79 Å². The minimum Gasteiger partial charge on any atom is -0.349 e. The largest absolute Gasteiger partial charge is 0.349 e. The molecule has 1 aliphatic heterocycles. The van der Waals surface area contributed by atoms with Crippen LogP contribution in [0, 0.1) is 0 Å². The third-order valence-electron chi connectivity index (χ3n) is 3.67. The fraction of sp³-hybridized carbons (Fsp3) is 0.929. The molecule has 0 radical (unpaired) electrons. The molecule has 1 aliphatic rings. The van der Waals surface area contributed by atoms with E-state index in [1.54, 1.807) is 4.90 Å². The van der Waals surface area contributed by atoms with Gasteiger partial charge in [-0.05, 0) is 32.4 Å². The summed E-state index contributed by atoms with van der Waals surface area (Å²) in [4.78, 5) is 15.8. The van der Waals surface area contributed by atoms with Crippen molar-refractivity contribution in [3.8, 4) is 0 Å². The minimum absolute atomic E-state index is 0.237. The maximum absolute atomic E-state index is 11.6. The Bertz CT molecular complexity index is 243. The zero-order valence-corrected chi connectivity index (χ0v) is 12.2. The van der Waals surface area contributed by atoms with Crippen LogP contribution < -0.4 is 5.32 Å². The molecule has 0 spiro atoms. The molecule has 1 N–H and O–H groups in total. The summed E-state index contributed by atoms with van der Waals surface area (Å²) in [5, 5.41) is 3.51.